The Bertz CT molecular complexity index is 417. The summed E-state index contributed by atoms with van der Waals surface area (Å²) < 4.78 is 0. The van der Waals surface area contributed by atoms with Crippen molar-refractivity contribution in [2.45, 2.75) is 17.1 Å². The summed E-state index contributed by atoms with van der Waals surface area (Å²) in [6.45, 7) is 1.94. The third-order valence-corrected chi connectivity index (χ3v) is 2.39. The van der Waals surface area contributed by atoms with E-state index in [2.05, 4.69) is 21.0 Å². The molecule has 3 nitrogen and oxygen atoms in total. The average molecular weight is 202 g/mol. The second-order valence-electron chi connectivity index (χ2n) is 2.68. The summed E-state index contributed by atoms with van der Waals surface area (Å²) >= 11 is 1.45. The molecule has 2 heterocycles. The van der Waals surface area contributed by atoms with Crippen molar-refractivity contribution in [3.05, 3.63) is 42.4 Å². The van der Waals surface area contributed by atoms with Gasteiger partial charge in [-0.25, -0.2) is 15.0 Å². The van der Waals surface area contributed by atoms with E-state index in [-0.39, 0.29) is 0 Å². The molecule has 0 saturated carbocycles. The fourth-order valence-electron chi connectivity index (χ4n) is 0.935. The minimum absolute atomic E-state index is 0.726. The molecule has 0 aliphatic rings. The summed E-state index contributed by atoms with van der Waals surface area (Å²) in [7, 11) is 0. The van der Waals surface area contributed by atoms with Crippen LogP contribution >= 0.6 is 11.8 Å². The second kappa shape index (κ2) is 4.19. The van der Waals surface area contributed by atoms with Gasteiger partial charge < -0.3 is 0 Å². The fraction of sp³-hybridized carbons (Fsp3) is 0.100. The van der Waals surface area contributed by atoms with Crippen molar-refractivity contribution in [2.75, 3.05) is 0 Å². The molecule has 0 bridgehead atoms. The monoisotopic (exact) mass is 202 g/mol. The van der Waals surface area contributed by atoms with Crippen molar-refractivity contribution >= 4 is 11.8 Å². The zero-order chi connectivity index (χ0) is 9.80. The van der Waals surface area contributed by atoms with Gasteiger partial charge in [-0.2, -0.15) is 0 Å². The predicted molar refractivity (Wildman–Crippen MR) is 54.0 cm³/mol. The standard InChI is InChI=1S/C10H8N3S/c1-8-5-7-12-10(13-8)14-9-4-2-3-6-11-9/h2,4-7H,1H3. The molecule has 0 spiro atoms. The van der Waals surface area contributed by atoms with Gasteiger partial charge in [0.25, 0.3) is 0 Å². The summed E-state index contributed by atoms with van der Waals surface area (Å²) in [5, 5.41) is 1.61. The molecule has 0 atom stereocenters. The maximum absolute atomic E-state index is 4.27. The molecule has 1 radical (unpaired) electrons. The quantitative estimate of drug-likeness (QED) is 0.699. The lowest BCUT2D eigenvalue weighted by Gasteiger charge is -1.98. The van der Waals surface area contributed by atoms with Crippen LogP contribution in [0.25, 0.3) is 0 Å². The van der Waals surface area contributed by atoms with Crippen LogP contribution in [0.15, 0.2) is 40.8 Å². The van der Waals surface area contributed by atoms with Gasteiger partial charge in [-0.15, -0.1) is 0 Å². The first-order chi connectivity index (χ1) is 6.84. The van der Waals surface area contributed by atoms with Gasteiger partial charge in [-0.3, -0.25) is 0 Å². The van der Waals surface area contributed by atoms with Crippen LogP contribution in [-0.4, -0.2) is 15.0 Å². The third-order valence-electron chi connectivity index (χ3n) is 1.56. The van der Waals surface area contributed by atoms with Crippen molar-refractivity contribution < 1.29 is 0 Å². The first kappa shape index (κ1) is 9.15. The molecule has 2 aromatic heterocycles. The summed E-state index contributed by atoms with van der Waals surface area (Å²) in [6, 6.07) is 8.45. The van der Waals surface area contributed by atoms with Crippen LogP contribution in [0.4, 0.5) is 0 Å². The molecule has 69 valence electrons. The maximum Gasteiger partial charge on any atom is 0.194 e. The Morgan fingerprint density at radius 1 is 1.29 bits per heavy atom. The highest BCUT2D eigenvalue weighted by atomic mass is 32.2. The molecular formula is C10H8N3S. The first-order valence-corrected chi connectivity index (χ1v) is 4.96. The van der Waals surface area contributed by atoms with Crippen LogP contribution in [-0.2, 0) is 0 Å². The van der Waals surface area contributed by atoms with Gasteiger partial charge >= 0.3 is 0 Å². The van der Waals surface area contributed by atoms with Crippen molar-refractivity contribution in [1.82, 2.24) is 15.0 Å². The van der Waals surface area contributed by atoms with Gasteiger partial charge in [0, 0.05) is 24.2 Å². The minimum atomic E-state index is 0.726. The highest BCUT2D eigenvalue weighted by Gasteiger charge is 2.00. The highest BCUT2D eigenvalue weighted by molar-refractivity contribution is 7.99. The van der Waals surface area contributed by atoms with E-state index in [0.717, 1.165) is 15.9 Å². The number of aromatic nitrogens is 3. The minimum Gasteiger partial charge on any atom is -0.249 e. The van der Waals surface area contributed by atoms with Gasteiger partial charge in [0.1, 0.15) is 5.03 Å². The van der Waals surface area contributed by atoms with Crippen LogP contribution in [0.3, 0.4) is 0 Å². The lowest BCUT2D eigenvalue weighted by Crippen LogP contribution is -1.88. The Morgan fingerprint density at radius 2 is 2.21 bits per heavy atom. The third kappa shape index (κ3) is 2.29. The molecule has 0 aromatic carbocycles. The number of hydrogen-bond donors (Lipinski definition) is 0. The van der Waals surface area contributed by atoms with E-state index in [4.69, 9.17) is 0 Å². The molecular weight excluding hydrogens is 194 g/mol. The summed E-state index contributed by atoms with van der Waals surface area (Å²) in [5.41, 5.74) is 0.963. The van der Waals surface area contributed by atoms with E-state index in [1.54, 1.807) is 12.4 Å². The number of rotatable bonds is 2. The van der Waals surface area contributed by atoms with Crippen molar-refractivity contribution in [3.8, 4) is 0 Å². The normalized spacial score (nSPS) is 10.1. The number of pyridine rings is 1. The van der Waals surface area contributed by atoms with E-state index in [9.17, 15) is 0 Å². The summed E-state index contributed by atoms with van der Waals surface area (Å²) in [6.07, 6.45) is 3.39. The second-order valence-corrected chi connectivity index (χ2v) is 3.67. The molecule has 0 unspecified atom stereocenters. The van der Waals surface area contributed by atoms with E-state index in [1.807, 2.05) is 25.1 Å². The van der Waals surface area contributed by atoms with E-state index in [0.29, 0.717) is 0 Å². The largest absolute Gasteiger partial charge is 0.249 e. The topological polar surface area (TPSA) is 38.7 Å². The van der Waals surface area contributed by atoms with Gasteiger partial charge in [0.05, 0.1) is 0 Å². The van der Waals surface area contributed by atoms with Crippen LogP contribution in [0.5, 0.6) is 0 Å². The van der Waals surface area contributed by atoms with Gasteiger partial charge in [0.2, 0.25) is 0 Å². The van der Waals surface area contributed by atoms with Crippen LogP contribution in [0.2, 0.25) is 0 Å². The molecule has 0 fully saturated rings. The molecule has 0 N–H and O–H groups in total. The number of aryl methyl sites for hydroxylation is 1. The molecule has 2 rings (SSSR count). The van der Waals surface area contributed by atoms with Crippen molar-refractivity contribution in [3.63, 3.8) is 0 Å². The Balaban J connectivity index is 2.19. The predicted octanol–water partition coefficient (Wildman–Crippen LogP) is 2.13. The molecule has 0 amide bonds. The van der Waals surface area contributed by atoms with Gasteiger partial charge in [-0.05, 0) is 30.8 Å². The molecule has 4 heteroatoms. The fourth-order valence-corrected chi connectivity index (χ4v) is 1.67. The van der Waals surface area contributed by atoms with Gasteiger partial charge in [-0.1, -0.05) is 6.07 Å². The smallest absolute Gasteiger partial charge is 0.194 e. The summed E-state index contributed by atoms with van der Waals surface area (Å²) in [4.78, 5) is 12.5. The molecule has 0 aliphatic heterocycles. The van der Waals surface area contributed by atoms with Gasteiger partial charge in [0.15, 0.2) is 5.16 Å². The zero-order valence-electron chi connectivity index (χ0n) is 7.64. The first-order valence-electron chi connectivity index (χ1n) is 4.14. The maximum atomic E-state index is 4.27. The van der Waals surface area contributed by atoms with Crippen LogP contribution in [0.1, 0.15) is 5.69 Å². The zero-order valence-corrected chi connectivity index (χ0v) is 8.45. The Morgan fingerprint density at radius 3 is 2.93 bits per heavy atom. The van der Waals surface area contributed by atoms with Crippen LogP contribution < -0.4 is 0 Å². The molecule has 2 aromatic rings. The highest BCUT2D eigenvalue weighted by Crippen LogP contribution is 2.21. The number of hydrogen-bond acceptors (Lipinski definition) is 4. The Labute approximate surface area is 86.6 Å². The van der Waals surface area contributed by atoms with Crippen molar-refractivity contribution in [2.24, 2.45) is 0 Å². The molecule has 0 aliphatic carbocycles. The van der Waals surface area contributed by atoms with Crippen molar-refractivity contribution in [1.29, 1.82) is 0 Å². The summed E-state index contributed by atoms with van der Waals surface area (Å²) in [5.74, 6) is 0. The lowest BCUT2D eigenvalue weighted by molar-refractivity contribution is 0.927. The van der Waals surface area contributed by atoms with E-state index in [1.165, 1.54) is 11.8 Å². The van der Waals surface area contributed by atoms with E-state index < -0.39 is 0 Å². The SMILES string of the molecule is Cc1ccnc(Sc2cc[c]cn2)n1. The van der Waals surface area contributed by atoms with E-state index >= 15 is 0 Å². The molecule has 14 heavy (non-hydrogen) atoms. The molecule has 0 saturated heterocycles. The average Bonchev–Trinajstić information content (AvgIpc) is 2.19. The lowest BCUT2D eigenvalue weighted by atomic mass is 10.5. The van der Waals surface area contributed by atoms with Crippen LogP contribution in [0, 0.1) is 13.0 Å². The Kier molecular flexibility index (Phi) is 2.74. The number of nitrogens with zero attached hydrogens (tertiary/aromatic N) is 3. The Hall–Kier alpha value is -1.42.